The monoisotopic (exact) mass is 335 g/mol. The number of nitrogens with two attached hydrogens (primary N) is 1. The summed E-state index contributed by atoms with van der Waals surface area (Å²) in [5, 5.41) is 3.88. The van der Waals surface area contributed by atoms with Crippen LogP contribution in [0.2, 0.25) is 0 Å². The van der Waals surface area contributed by atoms with E-state index >= 15 is 0 Å². The number of nitrogens with zero attached hydrogens (tertiary/aromatic N) is 4. The van der Waals surface area contributed by atoms with E-state index in [9.17, 15) is 0 Å². The first-order valence-electron chi connectivity index (χ1n) is 8.02. The largest absolute Gasteiger partial charge is 0.474 e. The van der Waals surface area contributed by atoms with Gasteiger partial charge in [-0.25, -0.2) is 4.98 Å². The van der Waals surface area contributed by atoms with Crippen molar-refractivity contribution >= 4 is 11.6 Å². The Morgan fingerprint density at radius 2 is 2.08 bits per heavy atom. The molecule has 0 spiro atoms. The van der Waals surface area contributed by atoms with Crippen LogP contribution in [0.3, 0.4) is 0 Å². The van der Waals surface area contributed by atoms with Gasteiger partial charge < -0.3 is 15.0 Å². The Kier molecular flexibility index (Phi) is 3.68. The zero-order chi connectivity index (χ0) is 17.4. The van der Waals surface area contributed by atoms with E-state index in [1.54, 1.807) is 12.4 Å². The van der Waals surface area contributed by atoms with Crippen molar-refractivity contribution in [3.05, 3.63) is 53.5 Å². The van der Waals surface area contributed by atoms with E-state index in [0.29, 0.717) is 11.7 Å². The van der Waals surface area contributed by atoms with Crippen LogP contribution < -0.4 is 10.5 Å². The highest BCUT2D eigenvalue weighted by atomic mass is 16.5. The van der Waals surface area contributed by atoms with Gasteiger partial charge in [-0.15, -0.1) is 0 Å². The van der Waals surface area contributed by atoms with Gasteiger partial charge in [0.05, 0.1) is 24.2 Å². The van der Waals surface area contributed by atoms with Crippen molar-refractivity contribution < 1.29 is 9.26 Å². The summed E-state index contributed by atoms with van der Waals surface area (Å²) in [6.45, 7) is 3.92. The Hall–Kier alpha value is -3.22. The molecule has 3 aromatic rings. The third kappa shape index (κ3) is 2.96. The Bertz CT molecular complexity index is 962. The van der Waals surface area contributed by atoms with Gasteiger partial charge in [0.2, 0.25) is 11.7 Å². The van der Waals surface area contributed by atoms with Crippen molar-refractivity contribution in [1.82, 2.24) is 20.1 Å². The van der Waals surface area contributed by atoms with Crippen molar-refractivity contribution in [3.8, 4) is 17.3 Å². The topological polar surface area (TPSA) is 100.0 Å². The number of hydrogen-bond donors (Lipinski definition) is 1. The second kappa shape index (κ2) is 6.01. The highest BCUT2D eigenvalue weighted by Crippen LogP contribution is 2.34. The van der Waals surface area contributed by atoms with Crippen molar-refractivity contribution in [2.75, 3.05) is 5.73 Å². The highest BCUT2D eigenvalue weighted by Gasteiger charge is 2.19. The third-order valence-electron chi connectivity index (χ3n) is 3.87. The van der Waals surface area contributed by atoms with Crippen LogP contribution in [0.5, 0.6) is 5.88 Å². The van der Waals surface area contributed by atoms with Crippen LogP contribution in [0, 0.1) is 0 Å². The van der Waals surface area contributed by atoms with Gasteiger partial charge in [-0.05, 0) is 37.5 Å². The summed E-state index contributed by atoms with van der Waals surface area (Å²) >= 11 is 0. The summed E-state index contributed by atoms with van der Waals surface area (Å²) in [7, 11) is 0. The molecule has 7 heteroatoms. The summed E-state index contributed by atoms with van der Waals surface area (Å²) in [5.41, 5.74) is 10.5. The second-order valence-corrected chi connectivity index (χ2v) is 6.06. The molecule has 0 saturated carbocycles. The summed E-state index contributed by atoms with van der Waals surface area (Å²) < 4.78 is 10.5. The standard InChI is InChI=1S/C18H17N5O2/c1-10(2)24-16-9-20-8-15(21-16)13-6-5-11-3-4-12(7-14(11)13)17-22-18(19)25-23-17/h3-4,6-10H,5H2,1-2H3,(H2,19,22,23). The number of nitrogen functional groups attached to an aromatic ring is 1. The maximum atomic E-state index is 5.65. The first-order valence-corrected chi connectivity index (χ1v) is 8.02. The fourth-order valence-electron chi connectivity index (χ4n) is 2.84. The van der Waals surface area contributed by atoms with Gasteiger partial charge in [-0.3, -0.25) is 4.98 Å². The summed E-state index contributed by atoms with van der Waals surface area (Å²) in [4.78, 5) is 12.9. The average molecular weight is 335 g/mol. The maximum absolute atomic E-state index is 5.65. The van der Waals surface area contributed by atoms with E-state index in [-0.39, 0.29) is 12.1 Å². The quantitative estimate of drug-likeness (QED) is 0.782. The van der Waals surface area contributed by atoms with Crippen molar-refractivity contribution in [2.45, 2.75) is 26.4 Å². The van der Waals surface area contributed by atoms with E-state index in [1.807, 2.05) is 26.0 Å². The lowest BCUT2D eigenvalue weighted by atomic mass is 10.0. The van der Waals surface area contributed by atoms with Gasteiger partial charge in [-0.2, -0.15) is 4.98 Å². The number of aromatic nitrogens is 4. The van der Waals surface area contributed by atoms with E-state index in [2.05, 4.69) is 32.3 Å². The summed E-state index contributed by atoms with van der Waals surface area (Å²) in [5.74, 6) is 0.985. The molecule has 1 aromatic carbocycles. The molecule has 25 heavy (non-hydrogen) atoms. The van der Waals surface area contributed by atoms with Crippen LogP contribution >= 0.6 is 0 Å². The molecule has 4 rings (SSSR count). The molecule has 0 radical (unpaired) electrons. The molecule has 7 nitrogen and oxygen atoms in total. The Morgan fingerprint density at radius 1 is 1.20 bits per heavy atom. The maximum Gasteiger partial charge on any atom is 0.319 e. The molecule has 0 bridgehead atoms. The Balaban J connectivity index is 1.71. The molecule has 2 N–H and O–H groups in total. The molecule has 0 amide bonds. The normalized spacial score (nSPS) is 13.0. The zero-order valence-electron chi connectivity index (χ0n) is 13.9. The summed E-state index contributed by atoms with van der Waals surface area (Å²) in [6.07, 6.45) is 6.40. The van der Waals surface area contributed by atoms with Gasteiger partial charge in [0.1, 0.15) is 0 Å². The first-order chi connectivity index (χ1) is 12.1. The van der Waals surface area contributed by atoms with E-state index in [1.165, 1.54) is 5.56 Å². The van der Waals surface area contributed by atoms with Crippen LogP contribution in [0.1, 0.15) is 30.7 Å². The van der Waals surface area contributed by atoms with Gasteiger partial charge in [0.15, 0.2) is 0 Å². The first kappa shape index (κ1) is 15.3. The smallest absolute Gasteiger partial charge is 0.319 e. The highest BCUT2D eigenvalue weighted by molar-refractivity contribution is 5.84. The molecular formula is C18H17N5O2. The van der Waals surface area contributed by atoms with E-state index < -0.39 is 0 Å². The van der Waals surface area contributed by atoms with Gasteiger partial charge in [0, 0.05) is 11.1 Å². The van der Waals surface area contributed by atoms with Crippen molar-refractivity contribution in [2.24, 2.45) is 0 Å². The fraction of sp³-hybridized carbons (Fsp3) is 0.222. The molecular weight excluding hydrogens is 318 g/mol. The number of allylic oxidation sites excluding steroid dienone is 1. The molecule has 0 fully saturated rings. The lowest BCUT2D eigenvalue weighted by Crippen LogP contribution is -2.08. The number of rotatable bonds is 4. The molecule has 2 aromatic heterocycles. The second-order valence-electron chi connectivity index (χ2n) is 6.06. The van der Waals surface area contributed by atoms with Crippen LogP contribution in [-0.4, -0.2) is 26.2 Å². The number of benzene rings is 1. The van der Waals surface area contributed by atoms with E-state index in [0.717, 1.165) is 28.8 Å². The van der Waals surface area contributed by atoms with Crippen molar-refractivity contribution in [1.29, 1.82) is 0 Å². The number of anilines is 1. The van der Waals surface area contributed by atoms with Crippen LogP contribution in [0.25, 0.3) is 17.0 Å². The van der Waals surface area contributed by atoms with Crippen molar-refractivity contribution in [3.63, 3.8) is 0 Å². The van der Waals surface area contributed by atoms with Crippen LogP contribution in [0.15, 0.2) is 41.2 Å². The fourth-order valence-corrected chi connectivity index (χ4v) is 2.84. The minimum atomic E-state index is 0.0460. The average Bonchev–Trinajstić information content (AvgIpc) is 3.20. The predicted molar refractivity (Wildman–Crippen MR) is 92.7 cm³/mol. The Morgan fingerprint density at radius 3 is 2.84 bits per heavy atom. The van der Waals surface area contributed by atoms with Gasteiger partial charge in [-0.1, -0.05) is 23.4 Å². The van der Waals surface area contributed by atoms with Gasteiger partial charge >= 0.3 is 6.01 Å². The minimum Gasteiger partial charge on any atom is -0.474 e. The van der Waals surface area contributed by atoms with Crippen LogP contribution in [0.4, 0.5) is 6.01 Å². The molecule has 0 saturated heterocycles. The molecule has 0 atom stereocenters. The van der Waals surface area contributed by atoms with Crippen LogP contribution in [-0.2, 0) is 6.42 Å². The molecule has 2 heterocycles. The third-order valence-corrected chi connectivity index (χ3v) is 3.87. The SMILES string of the molecule is CC(C)Oc1cncc(C2=CCc3ccc(-c4noc(N)n4)cc32)n1. The molecule has 0 aliphatic heterocycles. The number of hydrogen-bond acceptors (Lipinski definition) is 7. The Labute approximate surface area is 144 Å². The predicted octanol–water partition coefficient (Wildman–Crippen LogP) is 2.88. The zero-order valence-corrected chi connectivity index (χ0v) is 13.9. The lowest BCUT2D eigenvalue weighted by molar-refractivity contribution is 0.231. The number of fused-ring (bicyclic) bond motifs is 1. The molecule has 0 unspecified atom stereocenters. The van der Waals surface area contributed by atoms with Gasteiger partial charge in [0.25, 0.3) is 0 Å². The molecule has 126 valence electrons. The van der Waals surface area contributed by atoms with E-state index in [4.69, 9.17) is 15.0 Å². The molecule has 1 aliphatic carbocycles. The lowest BCUT2D eigenvalue weighted by Gasteiger charge is -2.11. The minimum absolute atomic E-state index is 0.0460. The number of ether oxygens (including phenoxy) is 1. The summed E-state index contributed by atoms with van der Waals surface area (Å²) in [6, 6.07) is 6.10. The molecule has 1 aliphatic rings.